The molecule has 104 valence electrons. The van der Waals surface area contributed by atoms with Crippen molar-refractivity contribution in [2.75, 3.05) is 19.6 Å². The van der Waals surface area contributed by atoms with Gasteiger partial charge in [0, 0.05) is 25.0 Å². The lowest BCUT2D eigenvalue weighted by atomic mass is 9.89. The minimum Gasteiger partial charge on any atom is -0.342 e. The van der Waals surface area contributed by atoms with Crippen molar-refractivity contribution in [3.8, 4) is 0 Å². The number of nitrogens with zero attached hydrogens (tertiary/aromatic N) is 1. The first kappa shape index (κ1) is 13.9. The van der Waals surface area contributed by atoms with Crippen molar-refractivity contribution in [2.45, 2.75) is 52.5 Å². The van der Waals surface area contributed by atoms with Crippen molar-refractivity contribution < 1.29 is 4.79 Å². The first-order valence-electron chi connectivity index (χ1n) is 7.69. The summed E-state index contributed by atoms with van der Waals surface area (Å²) in [5.41, 5.74) is 0. The number of nitrogens with one attached hydrogen (secondary N) is 1. The molecule has 4 atom stereocenters. The summed E-state index contributed by atoms with van der Waals surface area (Å²) in [5.74, 6) is 2.05. The molecule has 0 aromatic rings. The predicted octanol–water partition coefficient (Wildman–Crippen LogP) is 2.27. The van der Waals surface area contributed by atoms with Crippen LogP contribution in [0.4, 0.5) is 0 Å². The summed E-state index contributed by atoms with van der Waals surface area (Å²) in [4.78, 5) is 14.4. The van der Waals surface area contributed by atoms with Crippen LogP contribution in [0.3, 0.4) is 0 Å². The molecule has 2 rings (SSSR count). The molecule has 1 aliphatic carbocycles. The Labute approximate surface area is 111 Å². The van der Waals surface area contributed by atoms with Gasteiger partial charge in [-0.3, -0.25) is 4.79 Å². The normalized spacial score (nSPS) is 35.6. The Morgan fingerprint density at radius 2 is 2.11 bits per heavy atom. The second-order valence-corrected chi connectivity index (χ2v) is 6.12. The number of carbonyl (C=O) groups is 1. The smallest absolute Gasteiger partial charge is 0.225 e. The largest absolute Gasteiger partial charge is 0.342 e. The standard InChI is InChI=1S/C15H28N2O/c1-4-7-16-14-6-8-17(10-12(14)5-2)15(18)13-9-11(13)3/h11-14,16H,4-10H2,1-3H3. The van der Waals surface area contributed by atoms with Crippen molar-refractivity contribution in [3.05, 3.63) is 0 Å². The van der Waals surface area contributed by atoms with Crippen molar-refractivity contribution in [3.63, 3.8) is 0 Å². The average Bonchev–Trinajstić information content (AvgIpc) is 3.12. The van der Waals surface area contributed by atoms with Gasteiger partial charge in [-0.1, -0.05) is 27.2 Å². The molecule has 0 aromatic carbocycles. The summed E-state index contributed by atoms with van der Waals surface area (Å²) in [7, 11) is 0. The zero-order chi connectivity index (χ0) is 13.1. The number of hydrogen-bond acceptors (Lipinski definition) is 2. The zero-order valence-electron chi connectivity index (χ0n) is 12.1. The number of amides is 1. The molecule has 1 saturated heterocycles. The second kappa shape index (κ2) is 6.05. The van der Waals surface area contributed by atoms with Gasteiger partial charge in [0.1, 0.15) is 0 Å². The molecule has 0 radical (unpaired) electrons. The molecular weight excluding hydrogens is 224 g/mol. The fourth-order valence-corrected chi connectivity index (χ4v) is 3.15. The Hall–Kier alpha value is -0.570. The Balaban J connectivity index is 1.85. The maximum atomic E-state index is 12.3. The lowest BCUT2D eigenvalue weighted by Gasteiger charge is -2.39. The number of hydrogen-bond donors (Lipinski definition) is 1. The highest BCUT2D eigenvalue weighted by Crippen LogP contribution is 2.40. The van der Waals surface area contributed by atoms with E-state index in [1.807, 2.05) is 0 Å². The number of rotatable bonds is 5. The highest BCUT2D eigenvalue weighted by atomic mass is 16.2. The van der Waals surface area contributed by atoms with Gasteiger partial charge in [-0.25, -0.2) is 0 Å². The zero-order valence-corrected chi connectivity index (χ0v) is 12.1. The van der Waals surface area contributed by atoms with Gasteiger partial charge in [0.15, 0.2) is 0 Å². The molecule has 1 amide bonds. The van der Waals surface area contributed by atoms with Crippen LogP contribution in [0.25, 0.3) is 0 Å². The Morgan fingerprint density at radius 1 is 1.39 bits per heavy atom. The van der Waals surface area contributed by atoms with Gasteiger partial charge >= 0.3 is 0 Å². The van der Waals surface area contributed by atoms with E-state index in [0.717, 1.165) is 32.5 Å². The summed E-state index contributed by atoms with van der Waals surface area (Å²) >= 11 is 0. The van der Waals surface area contributed by atoms with Crippen LogP contribution in [0.2, 0.25) is 0 Å². The lowest BCUT2D eigenvalue weighted by molar-refractivity contribution is -0.135. The van der Waals surface area contributed by atoms with Crippen molar-refractivity contribution >= 4 is 5.91 Å². The van der Waals surface area contributed by atoms with E-state index in [0.29, 0.717) is 29.7 Å². The van der Waals surface area contributed by atoms with Gasteiger partial charge in [0.2, 0.25) is 5.91 Å². The third-order valence-electron chi connectivity index (χ3n) is 4.65. The Bertz CT molecular complexity index is 292. The minimum absolute atomic E-state index is 0.350. The minimum atomic E-state index is 0.350. The third kappa shape index (κ3) is 3.05. The Morgan fingerprint density at radius 3 is 2.67 bits per heavy atom. The summed E-state index contributed by atoms with van der Waals surface area (Å²) in [5, 5.41) is 3.65. The van der Waals surface area contributed by atoms with Gasteiger partial charge in [-0.2, -0.15) is 0 Å². The van der Waals surface area contributed by atoms with Crippen molar-refractivity contribution in [1.82, 2.24) is 10.2 Å². The summed E-state index contributed by atoms with van der Waals surface area (Å²) in [6, 6.07) is 0.621. The molecule has 3 heteroatoms. The number of likely N-dealkylation sites (tertiary alicyclic amines) is 1. The number of piperidine rings is 1. The van der Waals surface area contributed by atoms with Crippen LogP contribution in [0.5, 0.6) is 0 Å². The molecule has 1 heterocycles. The molecule has 1 N–H and O–H groups in total. The van der Waals surface area contributed by atoms with Crippen LogP contribution < -0.4 is 5.32 Å². The molecule has 0 aromatic heterocycles. The molecule has 3 nitrogen and oxygen atoms in total. The number of carbonyl (C=O) groups excluding carboxylic acids is 1. The first-order chi connectivity index (χ1) is 8.67. The van der Waals surface area contributed by atoms with Crippen LogP contribution >= 0.6 is 0 Å². The average molecular weight is 252 g/mol. The summed E-state index contributed by atoms with van der Waals surface area (Å²) in [6.07, 6.45) is 4.61. The van der Waals surface area contributed by atoms with E-state index < -0.39 is 0 Å². The van der Waals surface area contributed by atoms with Crippen LogP contribution in [0.15, 0.2) is 0 Å². The topological polar surface area (TPSA) is 32.3 Å². The van der Waals surface area contributed by atoms with Gasteiger partial charge in [-0.05, 0) is 37.6 Å². The molecule has 2 fully saturated rings. The molecule has 1 aliphatic heterocycles. The van der Waals surface area contributed by atoms with Gasteiger partial charge < -0.3 is 10.2 Å². The molecule has 1 saturated carbocycles. The van der Waals surface area contributed by atoms with E-state index in [4.69, 9.17) is 0 Å². The van der Waals surface area contributed by atoms with E-state index in [1.165, 1.54) is 12.8 Å². The van der Waals surface area contributed by atoms with E-state index in [9.17, 15) is 4.79 Å². The molecule has 2 aliphatic rings. The van der Waals surface area contributed by atoms with E-state index in [2.05, 4.69) is 31.0 Å². The first-order valence-corrected chi connectivity index (χ1v) is 7.69. The van der Waals surface area contributed by atoms with E-state index in [1.54, 1.807) is 0 Å². The van der Waals surface area contributed by atoms with E-state index >= 15 is 0 Å². The van der Waals surface area contributed by atoms with Crippen LogP contribution in [0, 0.1) is 17.8 Å². The van der Waals surface area contributed by atoms with Crippen molar-refractivity contribution in [1.29, 1.82) is 0 Å². The predicted molar refractivity (Wildman–Crippen MR) is 74.3 cm³/mol. The molecule has 0 spiro atoms. The summed E-state index contributed by atoms with van der Waals surface area (Å²) < 4.78 is 0. The van der Waals surface area contributed by atoms with Crippen LogP contribution in [0.1, 0.15) is 46.5 Å². The van der Waals surface area contributed by atoms with E-state index in [-0.39, 0.29) is 0 Å². The van der Waals surface area contributed by atoms with Gasteiger partial charge in [-0.15, -0.1) is 0 Å². The molecule has 4 unspecified atom stereocenters. The molecular formula is C15H28N2O. The maximum absolute atomic E-state index is 12.3. The monoisotopic (exact) mass is 252 g/mol. The molecule has 18 heavy (non-hydrogen) atoms. The van der Waals surface area contributed by atoms with Crippen LogP contribution in [-0.4, -0.2) is 36.5 Å². The highest BCUT2D eigenvalue weighted by molar-refractivity contribution is 5.81. The molecule has 0 bridgehead atoms. The van der Waals surface area contributed by atoms with Gasteiger partial charge in [0.25, 0.3) is 0 Å². The van der Waals surface area contributed by atoms with Gasteiger partial charge in [0.05, 0.1) is 0 Å². The second-order valence-electron chi connectivity index (χ2n) is 6.12. The maximum Gasteiger partial charge on any atom is 0.225 e. The third-order valence-corrected chi connectivity index (χ3v) is 4.65. The van der Waals surface area contributed by atoms with Crippen LogP contribution in [-0.2, 0) is 4.79 Å². The summed E-state index contributed by atoms with van der Waals surface area (Å²) in [6.45, 7) is 9.68. The lowest BCUT2D eigenvalue weighted by Crippen LogP contribution is -2.51. The fourth-order valence-electron chi connectivity index (χ4n) is 3.15. The van der Waals surface area contributed by atoms with Crippen molar-refractivity contribution in [2.24, 2.45) is 17.8 Å². The SMILES string of the molecule is CCCNC1CCN(C(=O)C2CC2C)CC1CC. The highest BCUT2D eigenvalue weighted by Gasteiger charge is 2.43. The Kier molecular flexibility index (Phi) is 4.66. The fraction of sp³-hybridized carbons (Fsp3) is 0.933. The quantitative estimate of drug-likeness (QED) is 0.814.